The van der Waals surface area contributed by atoms with Crippen molar-refractivity contribution in [3.63, 3.8) is 0 Å². The highest BCUT2D eigenvalue weighted by Crippen LogP contribution is 2.36. The number of carbonyl (C=O) groups is 2. The first-order chi connectivity index (χ1) is 17.6. The van der Waals surface area contributed by atoms with E-state index in [4.69, 9.17) is 18.9 Å². The van der Waals surface area contributed by atoms with Gasteiger partial charge in [0.15, 0.2) is 17.3 Å². The van der Waals surface area contributed by atoms with E-state index < -0.39 is 0 Å². The minimum atomic E-state index is -0.142. The zero-order chi connectivity index (χ0) is 24.6. The van der Waals surface area contributed by atoms with E-state index in [0.717, 1.165) is 34.5 Å². The summed E-state index contributed by atoms with van der Waals surface area (Å²) in [6.07, 6.45) is 1.60. The molecule has 6 rings (SSSR count). The minimum Gasteiger partial charge on any atom is -0.454 e. The maximum atomic E-state index is 13.3. The molecular weight excluding hydrogens is 478 g/mol. The van der Waals surface area contributed by atoms with Crippen molar-refractivity contribution in [2.24, 2.45) is 0 Å². The van der Waals surface area contributed by atoms with Crippen molar-refractivity contribution >= 4 is 39.8 Å². The first-order valence-electron chi connectivity index (χ1n) is 12.1. The molecule has 2 aliphatic rings. The molecule has 0 radical (unpaired) electrons. The van der Waals surface area contributed by atoms with Gasteiger partial charge in [-0.2, -0.15) is 0 Å². The van der Waals surface area contributed by atoms with Crippen LogP contribution in [0.1, 0.15) is 51.7 Å². The largest absolute Gasteiger partial charge is 0.454 e. The number of benzene rings is 2. The summed E-state index contributed by atoms with van der Waals surface area (Å²) in [6, 6.07) is 14.9. The molecule has 2 aliphatic heterocycles. The van der Waals surface area contributed by atoms with Gasteiger partial charge in [-0.25, -0.2) is 4.98 Å². The molecule has 0 bridgehead atoms. The lowest BCUT2D eigenvalue weighted by atomic mass is 9.97. The summed E-state index contributed by atoms with van der Waals surface area (Å²) in [6.45, 7) is 3.89. The average molecular weight is 504 g/mol. The van der Waals surface area contributed by atoms with E-state index in [1.807, 2.05) is 65.7 Å². The molecule has 2 aromatic heterocycles. The number of para-hydroxylation sites is 1. The Morgan fingerprint density at radius 2 is 1.89 bits per heavy atom. The van der Waals surface area contributed by atoms with Gasteiger partial charge in [-0.05, 0) is 44.0 Å². The topological polar surface area (TPSA) is 85.1 Å². The first kappa shape index (κ1) is 22.6. The number of fused-ring (bicyclic) bond motifs is 2. The minimum absolute atomic E-state index is 0.0815. The summed E-state index contributed by atoms with van der Waals surface area (Å²) < 4.78 is 16.6. The smallest absolute Gasteiger partial charge is 0.289 e. The number of piperidine rings is 1. The van der Waals surface area contributed by atoms with Crippen LogP contribution in [0.2, 0.25) is 0 Å². The highest BCUT2D eigenvalue weighted by molar-refractivity contribution is 7.10. The summed E-state index contributed by atoms with van der Waals surface area (Å²) in [5.41, 5.74) is 1.91. The Hall–Kier alpha value is -3.85. The fraction of sp³-hybridized carbons (Fsp3) is 0.296. The average Bonchev–Trinajstić information content (AvgIpc) is 3.68. The van der Waals surface area contributed by atoms with E-state index in [0.29, 0.717) is 42.6 Å². The fourth-order valence-electron chi connectivity index (χ4n) is 4.78. The summed E-state index contributed by atoms with van der Waals surface area (Å²) in [5.74, 6) is 1.69. The number of furan rings is 1. The highest BCUT2D eigenvalue weighted by Gasteiger charge is 2.29. The van der Waals surface area contributed by atoms with Crippen molar-refractivity contribution in [2.45, 2.75) is 25.7 Å². The number of rotatable bonds is 5. The number of likely N-dealkylation sites (tertiary alicyclic amines) is 1. The molecule has 184 valence electrons. The van der Waals surface area contributed by atoms with Gasteiger partial charge in [0.1, 0.15) is 11.3 Å². The third-order valence-electron chi connectivity index (χ3n) is 6.74. The van der Waals surface area contributed by atoms with Crippen molar-refractivity contribution in [1.29, 1.82) is 0 Å². The van der Waals surface area contributed by atoms with Gasteiger partial charge in [-0.15, -0.1) is 11.3 Å². The lowest BCUT2D eigenvalue weighted by Crippen LogP contribution is -2.37. The van der Waals surface area contributed by atoms with E-state index in [2.05, 4.69) is 0 Å². The quantitative estimate of drug-likeness (QED) is 0.367. The van der Waals surface area contributed by atoms with Crippen LogP contribution in [0, 0.1) is 0 Å². The summed E-state index contributed by atoms with van der Waals surface area (Å²) in [7, 11) is 0. The molecule has 8 nitrogen and oxygen atoms in total. The zero-order valence-corrected chi connectivity index (χ0v) is 20.6. The number of carbonyl (C=O) groups excluding carboxylic acids is 2. The number of thiazole rings is 1. The molecule has 2 amide bonds. The Kier molecular flexibility index (Phi) is 5.85. The maximum Gasteiger partial charge on any atom is 0.289 e. The van der Waals surface area contributed by atoms with Gasteiger partial charge in [-0.1, -0.05) is 18.2 Å². The lowest BCUT2D eigenvalue weighted by molar-refractivity contribution is 0.0683. The zero-order valence-electron chi connectivity index (χ0n) is 19.8. The predicted octanol–water partition coefficient (Wildman–Crippen LogP) is 5.30. The van der Waals surface area contributed by atoms with Crippen molar-refractivity contribution < 1.29 is 23.5 Å². The van der Waals surface area contributed by atoms with E-state index >= 15 is 0 Å². The Labute approximate surface area is 212 Å². The molecule has 4 heterocycles. The van der Waals surface area contributed by atoms with Crippen LogP contribution in [-0.2, 0) is 0 Å². The third kappa shape index (κ3) is 4.09. The van der Waals surface area contributed by atoms with Crippen LogP contribution < -0.4 is 14.4 Å². The fourth-order valence-corrected chi connectivity index (χ4v) is 5.75. The third-order valence-corrected chi connectivity index (χ3v) is 7.75. The molecule has 0 atom stereocenters. The Morgan fingerprint density at radius 3 is 2.69 bits per heavy atom. The van der Waals surface area contributed by atoms with Gasteiger partial charge < -0.3 is 23.7 Å². The van der Waals surface area contributed by atoms with E-state index in [1.165, 1.54) is 11.3 Å². The van der Waals surface area contributed by atoms with E-state index in [1.54, 1.807) is 4.90 Å². The van der Waals surface area contributed by atoms with Crippen LogP contribution in [0.25, 0.3) is 11.0 Å². The number of nitrogens with zero attached hydrogens (tertiary/aromatic N) is 3. The maximum absolute atomic E-state index is 13.3. The second-order valence-corrected chi connectivity index (χ2v) is 9.76. The molecule has 9 heteroatoms. The Balaban J connectivity index is 1.11. The molecule has 0 N–H and O–H groups in total. The van der Waals surface area contributed by atoms with E-state index in [9.17, 15) is 9.59 Å². The van der Waals surface area contributed by atoms with E-state index in [-0.39, 0.29) is 24.5 Å². The molecule has 1 saturated heterocycles. The van der Waals surface area contributed by atoms with Crippen molar-refractivity contribution in [2.75, 3.05) is 31.3 Å². The molecule has 0 spiro atoms. The molecule has 0 saturated carbocycles. The predicted molar refractivity (Wildman–Crippen MR) is 136 cm³/mol. The Morgan fingerprint density at radius 1 is 1.08 bits per heavy atom. The molecule has 0 unspecified atom stereocenters. The van der Waals surface area contributed by atoms with Gasteiger partial charge >= 0.3 is 0 Å². The second kappa shape index (κ2) is 9.31. The molecule has 2 aromatic carbocycles. The van der Waals surface area contributed by atoms with Crippen LogP contribution in [0.15, 0.2) is 58.3 Å². The highest BCUT2D eigenvalue weighted by atomic mass is 32.1. The van der Waals surface area contributed by atoms with Gasteiger partial charge in [0.05, 0.1) is 5.01 Å². The number of amides is 2. The molecule has 36 heavy (non-hydrogen) atoms. The monoisotopic (exact) mass is 503 g/mol. The molecule has 1 fully saturated rings. The summed E-state index contributed by atoms with van der Waals surface area (Å²) in [5, 5.41) is 3.70. The van der Waals surface area contributed by atoms with Crippen LogP contribution in [0.4, 0.5) is 5.69 Å². The second-order valence-electron chi connectivity index (χ2n) is 8.87. The van der Waals surface area contributed by atoms with Crippen LogP contribution >= 0.6 is 11.3 Å². The summed E-state index contributed by atoms with van der Waals surface area (Å²) >= 11 is 1.51. The van der Waals surface area contributed by atoms with Crippen molar-refractivity contribution in [1.82, 2.24) is 9.88 Å². The van der Waals surface area contributed by atoms with Gasteiger partial charge in [0.2, 0.25) is 6.79 Å². The summed E-state index contributed by atoms with van der Waals surface area (Å²) in [4.78, 5) is 34.5. The lowest BCUT2D eigenvalue weighted by Gasteiger charge is -2.30. The standard InChI is InChI=1S/C27H25N3O5S/c1-2-30(19-7-8-22-23(14-19)34-16-33-22)26(31)20-15-36-25(28-20)17-9-11-29(12-10-17)27(32)24-13-18-5-3-4-6-21(18)35-24/h3-8,13-15,17H,2,9-12,16H2,1H3. The molecule has 4 aromatic rings. The molecule has 0 aliphatic carbocycles. The number of hydrogen-bond donors (Lipinski definition) is 0. The van der Waals surface area contributed by atoms with Gasteiger partial charge in [-0.3, -0.25) is 9.59 Å². The van der Waals surface area contributed by atoms with Crippen LogP contribution in [0.3, 0.4) is 0 Å². The van der Waals surface area contributed by atoms with Crippen molar-refractivity contribution in [3.05, 3.63) is 70.4 Å². The van der Waals surface area contributed by atoms with Crippen LogP contribution in [-0.4, -0.2) is 48.1 Å². The molecular formula is C27H25N3O5S. The van der Waals surface area contributed by atoms with Gasteiger partial charge in [0, 0.05) is 48.1 Å². The number of ether oxygens (including phenoxy) is 2. The van der Waals surface area contributed by atoms with Crippen LogP contribution in [0.5, 0.6) is 11.5 Å². The number of anilines is 1. The van der Waals surface area contributed by atoms with Crippen molar-refractivity contribution in [3.8, 4) is 11.5 Å². The number of aromatic nitrogens is 1. The number of hydrogen-bond acceptors (Lipinski definition) is 7. The SMILES string of the molecule is CCN(C(=O)c1csc(C2CCN(C(=O)c3cc4ccccc4o3)CC2)n1)c1ccc2c(c1)OCO2. The van der Waals surface area contributed by atoms with Gasteiger partial charge in [0.25, 0.3) is 11.8 Å². The first-order valence-corrected chi connectivity index (χ1v) is 12.9. The normalized spacial score (nSPS) is 15.4. The Bertz CT molecular complexity index is 1400.